The first-order chi connectivity index (χ1) is 9.48. The van der Waals surface area contributed by atoms with Gasteiger partial charge in [-0.1, -0.05) is 50.5 Å². The molecule has 1 aromatic carbocycles. The van der Waals surface area contributed by atoms with Crippen molar-refractivity contribution >= 4 is 0 Å². The Kier molecular flexibility index (Phi) is 4.90. The molecule has 0 radical (unpaired) electrons. The normalized spacial score (nSPS) is 19.5. The molecule has 112 valence electrons. The summed E-state index contributed by atoms with van der Waals surface area (Å²) in [6.07, 6.45) is 6.89. The van der Waals surface area contributed by atoms with Crippen molar-refractivity contribution < 1.29 is 0 Å². The van der Waals surface area contributed by atoms with Gasteiger partial charge in [-0.25, -0.2) is 0 Å². The Bertz CT molecular complexity index is 441. The topological polar surface area (TPSA) is 12.0 Å². The van der Waals surface area contributed by atoms with Gasteiger partial charge in [0.05, 0.1) is 0 Å². The van der Waals surface area contributed by atoms with Crippen LogP contribution >= 0.6 is 0 Å². The zero-order chi connectivity index (χ0) is 14.8. The summed E-state index contributed by atoms with van der Waals surface area (Å²) in [4.78, 5) is 0. The van der Waals surface area contributed by atoms with Gasteiger partial charge < -0.3 is 5.32 Å². The zero-order valence-corrected chi connectivity index (χ0v) is 13.9. The Morgan fingerprint density at radius 2 is 1.80 bits per heavy atom. The molecule has 20 heavy (non-hydrogen) atoms. The molecule has 0 spiro atoms. The molecule has 2 rings (SSSR count). The van der Waals surface area contributed by atoms with Crippen LogP contribution in [0, 0.1) is 25.2 Å². The average molecular weight is 273 g/mol. The van der Waals surface area contributed by atoms with Gasteiger partial charge in [0, 0.05) is 6.04 Å². The third-order valence-corrected chi connectivity index (χ3v) is 5.05. The van der Waals surface area contributed by atoms with Crippen LogP contribution in [-0.2, 0) is 0 Å². The van der Waals surface area contributed by atoms with Crippen LogP contribution in [0.2, 0.25) is 0 Å². The molecule has 1 nitrogen and oxygen atoms in total. The minimum Gasteiger partial charge on any atom is -0.313 e. The van der Waals surface area contributed by atoms with Gasteiger partial charge >= 0.3 is 0 Å². The van der Waals surface area contributed by atoms with E-state index in [1.165, 1.54) is 48.8 Å². The van der Waals surface area contributed by atoms with E-state index >= 15 is 0 Å². The largest absolute Gasteiger partial charge is 0.313 e. The molecular weight excluding hydrogens is 242 g/mol. The van der Waals surface area contributed by atoms with Crippen molar-refractivity contribution in [1.82, 2.24) is 5.32 Å². The molecule has 1 fully saturated rings. The quantitative estimate of drug-likeness (QED) is 0.780. The molecule has 1 atom stereocenters. The summed E-state index contributed by atoms with van der Waals surface area (Å²) in [6.45, 7) is 9.19. The van der Waals surface area contributed by atoms with E-state index in [1.54, 1.807) is 0 Å². The van der Waals surface area contributed by atoms with Crippen LogP contribution in [0.1, 0.15) is 68.7 Å². The van der Waals surface area contributed by atoms with Crippen LogP contribution in [0.4, 0.5) is 0 Å². The zero-order valence-electron chi connectivity index (χ0n) is 13.9. The number of hydrogen-bond acceptors (Lipinski definition) is 1. The average Bonchev–Trinajstić information content (AvgIpc) is 2.81. The first-order valence-corrected chi connectivity index (χ1v) is 8.23. The lowest BCUT2D eigenvalue weighted by Crippen LogP contribution is -2.36. The second kappa shape index (κ2) is 6.30. The van der Waals surface area contributed by atoms with Gasteiger partial charge in [0.15, 0.2) is 0 Å². The Labute approximate surface area is 125 Å². The van der Waals surface area contributed by atoms with Crippen molar-refractivity contribution in [2.75, 3.05) is 7.05 Å². The van der Waals surface area contributed by atoms with Gasteiger partial charge in [-0.15, -0.1) is 0 Å². The predicted molar refractivity (Wildman–Crippen MR) is 88.1 cm³/mol. The molecule has 1 unspecified atom stereocenters. The van der Waals surface area contributed by atoms with Gasteiger partial charge in [0.2, 0.25) is 0 Å². The fraction of sp³-hybridized carbons (Fsp3) is 0.684. The first-order valence-electron chi connectivity index (χ1n) is 8.23. The first kappa shape index (κ1) is 15.6. The summed E-state index contributed by atoms with van der Waals surface area (Å²) >= 11 is 0. The van der Waals surface area contributed by atoms with Crippen molar-refractivity contribution in [1.29, 1.82) is 0 Å². The van der Waals surface area contributed by atoms with Gasteiger partial charge in [-0.3, -0.25) is 0 Å². The summed E-state index contributed by atoms with van der Waals surface area (Å²) < 4.78 is 0. The van der Waals surface area contributed by atoms with Crippen LogP contribution in [-0.4, -0.2) is 7.05 Å². The summed E-state index contributed by atoms with van der Waals surface area (Å²) in [5, 5.41) is 3.67. The lowest BCUT2D eigenvalue weighted by Gasteiger charge is -2.40. The third-order valence-electron chi connectivity index (χ3n) is 5.05. The fourth-order valence-electron chi connectivity index (χ4n) is 4.44. The van der Waals surface area contributed by atoms with Gasteiger partial charge in [-0.05, 0) is 62.6 Å². The van der Waals surface area contributed by atoms with E-state index < -0.39 is 0 Å². The van der Waals surface area contributed by atoms with E-state index in [4.69, 9.17) is 0 Å². The third kappa shape index (κ3) is 3.09. The Hall–Kier alpha value is -0.820. The number of rotatable bonds is 5. The van der Waals surface area contributed by atoms with Crippen LogP contribution in [0.5, 0.6) is 0 Å². The summed E-state index contributed by atoms with van der Waals surface area (Å²) in [7, 11) is 2.14. The maximum atomic E-state index is 3.67. The van der Waals surface area contributed by atoms with E-state index in [9.17, 15) is 0 Å². The molecule has 1 saturated carbocycles. The minimum atomic E-state index is 0.461. The van der Waals surface area contributed by atoms with E-state index in [2.05, 4.69) is 58.3 Å². The Morgan fingerprint density at radius 3 is 2.30 bits per heavy atom. The number of hydrogen-bond donors (Lipinski definition) is 1. The fourth-order valence-corrected chi connectivity index (χ4v) is 4.44. The Morgan fingerprint density at radius 1 is 1.15 bits per heavy atom. The van der Waals surface area contributed by atoms with Crippen molar-refractivity contribution in [3.8, 4) is 0 Å². The predicted octanol–water partition coefficient (Wildman–Crippen LogP) is 5.17. The molecule has 0 heterocycles. The van der Waals surface area contributed by atoms with Crippen LogP contribution in [0.15, 0.2) is 18.2 Å². The molecule has 0 aromatic heterocycles. The standard InChI is InChI=1S/C19H31N/c1-14(2)13-19(10-6-7-11-19)18(20-5)17-9-8-15(3)12-16(17)4/h8-9,12,14,18,20H,6-7,10-11,13H2,1-5H3. The van der Waals surface area contributed by atoms with Crippen molar-refractivity contribution in [3.63, 3.8) is 0 Å². The maximum Gasteiger partial charge on any atom is 0.0377 e. The van der Waals surface area contributed by atoms with Crippen LogP contribution in [0.3, 0.4) is 0 Å². The second-order valence-electron chi connectivity index (χ2n) is 7.25. The molecular formula is C19H31N. The number of benzene rings is 1. The smallest absolute Gasteiger partial charge is 0.0377 e. The molecule has 1 aliphatic carbocycles. The number of nitrogens with one attached hydrogen (secondary N) is 1. The highest BCUT2D eigenvalue weighted by atomic mass is 14.9. The van der Waals surface area contributed by atoms with Gasteiger partial charge in [0.25, 0.3) is 0 Å². The summed E-state index contributed by atoms with van der Waals surface area (Å²) in [6, 6.07) is 7.46. The molecule has 1 heteroatoms. The molecule has 0 bridgehead atoms. The molecule has 1 aliphatic rings. The highest BCUT2D eigenvalue weighted by Gasteiger charge is 2.41. The minimum absolute atomic E-state index is 0.461. The highest BCUT2D eigenvalue weighted by molar-refractivity contribution is 5.34. The van der Waals surface area contributed by atoms with E-state index in [1.807, 2.05) is 0 Å². The summed E-state index contributed by atoms with van der Waals surface area (Å²) in [5.41, 5.74) is 4.79. The lowest BCUT2D eigenvalue weighted by molar-refractivity contribution is 0.161. The van der Waals surface area contributed by atoms with E-state index in [0.29, 0.717) is 11.5 Å². The molecule has 0 aliphatic heterocycles. The number of aryl methyl sites for hydroxylation is 2. The monoisotopic (exact) mass is 273 g/mol. The molecule has 1 aromatic rings. The second-order valence-corrected chi connectivity index (χ2v) is 7.25. The Balaban J connectivity index is 2.38. The maximum absolute atomic E-state index is 3.67. The van der Waals surface area contributed by atoms with Crippen molar-refractivity contribution in [2.24, 2.45) is 11.3 Å². The molecule has 0 amide bonds. The molecule has 1 N–H and O–H groups in total. The van der Waals surface area contributed by atoms with Gasteiger partial charge in [-0.2, -0.15) is 0 Å². The van der Waals surface area contributed by atoms with Crippen LogP contribution in [0.25, 0.3) is 0 Å². The molecule has 0 saturated heterocycles. The highest BCUT2D eigenvalue weighted by Crippen LogP contribution is 2.52. The lowest BCUT2D eigenvalue weighted by atomic mass is 9.69. The van der Waals surface area contributed by atoms with Crippen molar-refractivity contribution in [3.05, 3.63) is 34.9 Å². The van der Waals surface area contributed by atoms with Crippen molar-refractivity contribution in [2.45, 2.75) is 65.8 Å². The van der Waals surface area contributed by atoms with Crippen LogP contribution < -0.4 is 5.32 Å². The SMILES string of the molecule is CNC(c1ccc(C)cc1C)C1(CC(C)C)CCCC1. The van der Waals surface area contributed by atoms with E-state index in [-0.39, 0.29) is 0 Å². The van der Waals surface area contributed by atoms with Gasteiger partial charge in [0.1, 0.15) is 0 Å². The van der Waals surface area contributed by atoms with E-state index in [0.717, 1.165) is 5.92 Å². The summed E-state index contributed by atoms with van der Waals surface area (Å²) in [5.74, 6) is 0.773.